The highest BCUT2D eigenvalue weighted by Crippen LogP contribution is 2.36. The summed E-state index contributed by atoms with van der Waals surface area (Å²) >= 11 is 0. The highest BCUT2D eigenvalue weighted by Gasteiger charge is 2.30. The van der Waals surface area contributed by atoms with Crippen molar-refractivity contribution in [3.05, 3.63) is 47.5 Å². The van der Waals surface area contributed by atoms with Crippen LogP contribution in [0.1, 0.15) is 29.8 Å². The van der Waals surface area contributed by atoms with E-state index < -0.39 is 0 Å². The van der Waals surface area contributed by atoms with Crippen LogP contribution < -0.4 is 19.1 Å². The van der Waals surface area contributed by atoms with Gasteiger partial charge in [0.15, 0.2) is 11.5 Å². The van der Waals surface area contributed by atoms with E-state index in [1.54, 1.807) is 25.2 Å². The first kappa shape index (κ1) is 20.0. The predicted molar refractivity (Wildman–Crippen MR) is 110 cm³/mol. The number of hydrogen-bond donors (Lipinski definition) is 0. The number of rotatable bonds is 9. The Morgan fingerprint density at radius 2 is 1.64 bits per heavy atom. The molecule has 2 aromatic rings. The molecule has 0 N–H and O–H groups in total. The number of hydrogen-bond acceptors (Lipinski definition) is 5. The molecule has 0 aromatic heterocycles. The topological polar surface area (TPSA) is 51.2 Å². The third-order valence-corrected chi connectivity index (χ3v) is 5.13. The number of methoxy groups -OCH3 is 2. The van der Waals surface area contributed by atoms with Crippen molar-refractivity contribution in [3.8, 4) is 17.2 Å². The molecular formula is C22H28N2O4. The molecule has 0 unspecified atom stereocenters. The lowest BCUT2D eigenvalue weighted by atomic mass is 10.1. The number of likely N-dealkylation sites (N-methyl/N-ethyl adjacent to an activating group) is 1. The molecule has 28 heavy (non-hydrogen) atoms. The average Bonchev–Trinajstić information content (AvgIpc) is 3.06. The first-order valence-electron chi connectivity index (χ1n) is 9.63. The van der Waals surface area contributed by atoms with Gasteiger partial charge in [0.1, 0.15) is 12.4 Å². The normalized spacial score (nSPS) is 13.0. The zero-order valence-electron chi connectivity index (χ0n) is 17.0. The summed E-state index contributed by atoms with van der Waals surface area (Å²) in [5, 5.41) is 0. The lowest BCUT2D eigenvalue weighted by Gasteiger charge is -2.19. The Labute approximate surface area is 166 Å². The van der Waals surface area contributed by atoms with Gasteiger partial charge < -0.3 is 24.0 Å². The van der Waals surface area contributed by atoms with E-state index in [1.165, 1.54) is 0 Å². The van der Waals surface area contributed by atoms with Crippen LogP contribution in [0.5, 0.6) is 17.2 Å². The Morgan fingerprint density at radius 1 is 1.00 bits per heavy atom. The van der Waals surface area contributed by atoms with Gasteiger partial charge in [-0.3, -0.25) is 4.79 Å². The minimum absolute atomic E-state index is 0.0360. The third kappa shape index (κ3) is 4.07. The largest absolute Gasteiger partial charge is 0.493 e. The van der Waals surface area contributed by atoms with Crippen LogP contribution >= 0.6 is 0 Å². The van der Waals surface area contributed by atoms with E-state index in [9.17, 15) is 4.79 Å². The fourth-order valence-corrected chi connectivity index (χ4v) is 3.40. The molecule has 1 aliphatic heterocycles. The van der Waals surface area contributed by atoms with Gasteiger partial charge in [0.2, 0.25) is 0 Å². The van der Waals surface area contributed by atoms with E-state index in [0.29, 0.717) is 30.2 Å². The summed E-state index contributed by atoms with van der Waals surface area (Å²) in [4.78, 5) is 16.9. The van der Waals surface area contributed by atoms with Crippen molar-refractivity contribution >= 4 is 11.6 Å². The molecule has 6 heteroatoms. The molecule has 0 spiro atoms. The van der Waals surface area contributed by atoms with Crippen LogP contribution in [0, 0.1) is 0 Å². The van der Waals surface area contributed by atoms with E-state index in [-0.39, 0.29) is 5.91 Å². The number of nitrogens with zero attached hydrogens (tertiary/aromatic N) is 2. The third-order valence-electron chi connectivity index (χ3n) is 5.13. The lowest BCUT2D eigenvalue weighted by molar-refractivity contribution is 0.0996. The van der Waals surface area contributed by atoms with Crippen LogP contribution in [0.15, 0.2) is 36.4 Å². The van der Waals surface area contributed by atoms with Gasteiger partial charge in [-0.05, 0) is 55.1 Å². The van der Waals surface area contributed by atoms with Crippen molar-refractivity contribution in [3.63, 3.8) is 0 Å². The van der Waals surface area contributed by atoms with Crippen molar-refractivity contribution in [1.29, 1.82) is 0 Å². The summed E-state index contributed by atoms with van der Waals surface area (Å²) in [5.74, 6) is 1.97. The maximum atomic E-state index is 12.9. The van der Waals surface area contributed by atoms with Gasteiger partial charge >= 0.3 is 0 Å². The van der Waals surface area contributed by atoms with Gasteiger partial charge in [-0.15, -0.1) is 0 Å². The quantitative estimate of drug-likeness (QED) is 0.661. The SMILES string of the molecule is CCN(CC)CCOc1ccc(N2Cc3cc(OC)c(OC)cc3C2=O)cc1. The molecule has 0 bridgehead atoms. The number of amides is 1. The molecule has 6 nitrogen and oxygen atoms in total. The van der Waals surface area contributed by atoms with Crippen LogP contribution in [-0.2, 0) is 6.54 Å². The van der Waals surface area contributed by atoms with Crippen molar-refractivity contribution < 1.29 is 19.0 Å². The zero-order chi connectivity index (χ0) is 20.1. The monoisotopic (exact) mass is 384 g/mol. The molecule has 1 aliphatic rings. The van der Waals surface area contributed by atoms with Gasteiger partial charge in [0.05, 0.1) is 20.8 Å². The van der Waals surface area contributed by atoms with Crippen molar-refractivity contribution in [2.45, 2.75) is 20.4 Å². The zero-order valence-corrected chi connectivity index (χ0v) is 17.0. The van der Waals surface area contributed by atoms with E-state index in [0.717, 1.165) is 36.6 Å². The highest BCUT2D eigenvalue weighted by atomic mass is 16.5. The Bertz CT molecular complexity index is 816. The minimum Gasteiger partial charge on any atom is -0.493 e. The molecule has 0 aliphatic carbocycles. The van der Waals surface area contributed by atoms with E-state index >= 15 is 0 Å². The first-order chi connectivity index (χ1) is 13.6. The predicted octanol–water partition coefficient (Wildman–Crippen LogP) is 3.58. The molecule has 0 saturated heterocycles. The van der Waals surface area contributed by atoms with Crippen LogP contribution in [0.4, 0.5) is 5.69 Å². The Morgan fingerprint density at radius 3 is 2.25 bits per heavy atom. The smallest absolute Gasteiger partial charge is 0.259 e. The number of carbonyl (C=O) groups is 1. The second-order valence-corrected chi connectivity index (χ2v) is 6.62. The highest BCUT2D eigenvalue weighted by molar-refractivity contribution is 6.10. The summed E-state index contributed by atoms with van der Waals surface area (Å²) in [5.41, 5.74) is 2.43. The number of carbonyl (C=O) groups excluding carboxylic acids is 1. The summed E-state index contributed by atoms with van der Waals surface area (Å²) in [6.07, 6.45) is 0. The average molecular weight is 384 g/mol. The maximum Gasteiger partial charge on any atom is 0.259 e. The summed E-state index contributed by atoms with van der Waals surface area (Å²) in [6.45, 7) is 8.39. The lowest BCUT2D eigenvalue weighted by Crippen LogP contribution is -2.27. The van der Waals surface area contributed by atoms with Crippen molar-refractivity contribution in [1.82, 2.24) is 4.90 Å². The van der Waals surface area contributed by atoms with E-state index in [1.807, 2.05) is 30.3 Å². The van der Waals surface area contributed by atoms with Crippen LogP contribution in [0.25, 0.3) is 0 Å². The number of ether oxygens (including phenoxy) is 3. The standard InChI is InChI=1S/C22H28N2O4/c1-5-23(6-2)11-12-28-18-9-7-17(8-10-18)24-15-16-13-20(26-3)21(27-4)14-19(16)22(24)25/h7-10,13-14H,5-6,11-12,15H2,1-4H3. The summed E-state index contributed by atoms with van der Waals surface area (Å²) in [7, 11) is 3.16. The fourth-order valence-electron chi connectivity index (χ4n) is 3.40. The van der Waals surface area contributed by atoms with Gasteiger partial charge in [0, 0.05) is 17.8 Å². The van der Waals surface area contributed by atoms with Crippen LogP contribution in [0.2, 0.25) is 0 Å². The molecule has 1 amide bonds. The van der Waals surface area contributed by atoms with E-state index in [4.69, 9.17) is 14.2 Å². The van der Waals surface area contributed by atoms with Gasteiger partial charge in [-0.2, -0.15) is 0 Å². The molecule has 3 rings (SSSR count). The number of fused-ring (bicyclic) bond motifs is 1. The minimum atomic E-state index is -0.0360. The molecular weight excluding hydrogens is 356 g/mol. The Kier molecular flexibility index (Phi) is 6.41. The van der Waals surface area contributed by atoms with Crippen molar-refractivity contribution in [2.24, 2.45) is 0 Å². The summed E-state index contributed by atoms with van der Waals surface area (Å²) in [6, 6.07) is 11.3. The second kappa shape index (κ2) is 8.97. The molecule has 0 fully saturated rings. The molecule has 2 aromatic carbocycles. The Hall–Kier alpha value is -2.73. The molecule has 0 radical (unpaired) electrons. The number of benzene rings is 2. The maximum absolute atomic E-state index is 12.9. The molecule has 0 saturated carbocycles. The van der Waals surface area contributed by atoms with E-state index in [2.05, 4.69) is 18.7 Å². The van der Waals surface area contributed by atoms with Gasteiger partial charge in [0.25, 0.3) is 5.91 Å². The first-order valence-corrected chi connectivity index (χ1v) is 9.63. The fraction of sp³-hybridized carbons (Fsp3) is 0.409. The van der Waals surface area contributed by atoms with Crippen molar-refractivity contribution in [2.75, 3.05) is 45.4 Å². The van der Waals surface area contributed by atoms with Gasteiger partial charge in [-0.1, -0.05) is 13.8 Å². The second-order valence-electron chi connectivity index (χ2n) is 6.62. The van der Waals surface area contributed by atoms with Gasteiger partial charge in [-0.25, -0.2) is 0 Å². The molecule has 150 valence electrons. The Balaban J connectivity index is 1.68. The molecule has 0 atom stereocenters. The summed E-state index contributed by atoms with van der Waals surface area (Å²) < 4.78 is 16.5. The number of anilines is 1. The van der Waals surface area contributed by atoms with Crippen LogP contribution in [-0.4, -0.2) is 51.3 Å². The molecule has 1 heterocycles. The van der Waals surface area contributed by atoms with Crippen LogP contribution in [0.3, 0.4) is 0 Å².